The number of rotatable bonds is 1. The summed E-state index contributed by atoms with van der Waals surface area (Å²) in [7, 11) is 0. The fraction of sp³-hybridized carbons (Fsp3) is 0.500. The zero-order valence-electron chi connectivity index (χ0n) is 9.95. The van der Waals surface area contributed by atoms with Crippen LogP contribution in [0.4, 0.5) is 5.82 Å². The maximum Gasteiger partial charge on any atom is 0.138 e. The van der Waals surface area contributed by atoms with E-state index in [2.05, 4.69) is 27.1 Å². The van der Waals surface area contributed by atoms with Crippen molar-refractivity contribution >= 4 is 16.7 Å². The Balaban J connectivity index is 1.91. The van der Waals surface area contributed by atoms with E-state index in [1.807, 2.05) is 6.20 Å². The lowest BCUT2D eigenvalue weighted by Crippen LogP contribution is -2.41. The number of nitrogens with one attached hydrogen (secondary N) is 1. The molecule has 1 saturated carbocycles. The fourth-order valence-corrected chi connectivity index (χ4v) is 3.14. The van der Waals surface area contributed by atoms with Crippen molar-refractivity contribution in [2.75, 3.05) is 11.4 Å². The molecule has 0 amide bonds. The van der Waals surface area contributed by atoms with Gasteiger partial charge in [-0.15, -0.1) is 0 Å². The molecule has 3 heteroatoms. The third kappa shape index (κ3) is 1.31. The molecule has 1 aliphatic carbocycles. The van der Waals surface area contributed by atoms with Crippen LogP contribution in [0.3, 0.4) is 0 Å². The van der Waals surface area contributed by atoms with Gasteiger partial charge in [-0.2, -0.15) is 0 Å². The van der Waals surface area contributed by atoms with Gasteiger partial charge in [-0.25, -0.2) is 4.98 Å². The van der Waals surface area contributed by atoms with Gasteiger partial charge < -0.3 is 9.88 Å². The molecule has 0 radical (unpaired) electrons. The number of nitrogens with zero attached hydrogens (tertiary/aromatic N) is 2. The average molecular weight is 227 g/mol. The minimum atomic E-state index is 0.744. The zero-order chi connectivity index (χ0) is 11.2. The first-order valence-corrected chi connectivity index (χ1v) is 6.65. The Morgan fingerprint density at radius 3 is 3.06 bits per heavy atom. The normalized spacial score (nSPS) is 20.4. The van der Waals surface area contributed by atoms with E-state index in [1.165, 1.54) is 60.9 Å². The molecular weight excluding hydrogens is 210 g/mol. The quantitative estimate of drug-likeness (QED) is 0.812. The number of aromatic nitrogens is 2. The van der Waals surface area contributed by atoms with Crippen LogP contribution in [0.2, 0.25) is 0 Å². The van der Waals surface area contributed by atoms with Gasteiger partial charge in [-0.1, -0.05) is 0 Å². The SMILES string of the molecule is c1cc2[nH]cc3c2c(n1)N(C1CCC1)CCC3. The second-order valence-corrected chi connectivity index (χ2v) is 5.25. The Kier molecular flexibility index (Phi) is 1.95. The molecule has 2 aromatic rings. The number of hydrogen-bond donors (Lipinski definition) is 1. The molecule has 3 heterocycles. The zero-order valence-corrected chi connectivity index (χ0v) is 9.95. The number of pyridine rings is 1. The van der Waals surface area contributed by atoms with Crippen LogP contribution in [0.5, 0.6) is 0 Å². The molecule has 1 N–H and O–H groups in total. The molecule has 4 rings (SSSR count). The summed E-state index contributed by atoms with van der Waals surface area (Å²) in [5.41, 5.74) is 2.70. The van der Waals surface area contributed by atoms with E-state index in [1.54, 1.807) is 0 Å². The number of hydrogen-bond acceptors (Lipinski definition) is 2. The first kappa shape index (κ1) is 9.51. The summed E-state index contributed by atoms with van der Waals surface area (Å²) < 4.78 is 0. The van der Waals surface area contributed by atoms with Crippen LogP contribution >= 0.6 is 0 Å². The lowest BCUT2D eigenvalue weighted by molar-refractivity contribution is 0.384. The summed E-state index contributed by atoms with van der Waals surface area (Å²) in [6.45, 7) is 1.17. The fourth-order valence-electron chi connectivity index (χ4n) is 3.14. The van der Waals surface area contributed by atoms with Crippen LogP contribution < -0.4 is 4.90 Å². The van der Waals surface area contributed by atoms with Crippen LogP contribution in [0.25, 0.3) is 10.9 Å². The maximum absolute atomic E-state index is 4.66. The van der Waals surface area contributed by atoms with Crippen LogP contribution in [0, 0.1) is 0 Å². The summed E-state index contributed by atoms with van der Waals surface area (Å²) in [6, 6.07) is 2.83. The van der Waals surface area contributed by atoms with Gasteiger partial charge >= 0.3 is 0 Å². The number of aromatic amines is 1. The van der Waals surface area contributed by atoms with E-state index >= 15 is 0 Å². The van der Waals surface area contributed by atoms with Crippen molar-refractivity contribution in [1.82, 2.24) is 9.97 Å². The molecule has 0 unspecified atom stereocenters. The molecule has 0 saturated heterocycles. The first-order chi connectivity index (χ1) is 8.43. The molecule has 0 aromatic carbocycles. The molecular formula is C14H17N3. The van der Waals surface area contributed by atoms with Crippen LogP contribution in [0.1, 0.15) is 31.2 Å². The number of H-pyrrole nitrogens is 1. The predicted molar refractivity (Wildman–Crippen MR) is 69.4 cm³/mol. The van der Waals surface area contributed by atoms with Gasteiger partial charge in [0.1, 0.15) is 5.82 Å². The minimum absolute atomic E-state index is 0.744. The van der Waals surface area contributed by atoms with Crippen molar-refractivity contribution in [3.05, 3.63) is 24.0 Å². The lowest BCUT2D eigenvalue weighted by atomic mass is 9.91. The highest BCUT2D eigenvalue weighted by atomic mass is 15.2. The van der Waals surface area contributed by atoms with Gasteiger partial charge in [-0.3, -0.25) is 0 Å². The van der Waals surface area contributed by atoms with Gasteiger partial charge in [0.2, 0.25) is 0 Å². The summed E-state index contributed by atoms with van der Waals surface area (Å²) in [4.78, 5) is 10.6. The minimum Gasteiger partial charge on any atom is -0.361 e. The van der Waals surface area contributed by atoms with Gasteiger partial charge in [0, 0.05) is 30.4 Å². The second kappa shape index (κ2) is 3.49. The third-order valence-corrected chi connectivity index (χ3v) is 4.29. The van der Waals surface area contributed by atoms with Gasteiger partial charge in [0.15, 0.2) is 0 Å². The van der Waals surface area contributed by atoms with E-state index in [0.717, 1.165) is 6.04 Å². The maximum atomic E-state index is 4.66. The average Bonchev–Trinajstić information content (AvgIpc) is 2.60. The number of aryl methyl sites for hydroxylation is 1. The highest BCUT2D eigenvalue weighted by Crippen LogP contribution is 2.36. The Labute approximate surface area is 101 Å². The molecule has 1 aliphatic heterocycles. The van der Waals surface area contributed by atoms with Crippen molar-refractivity contribution in [3.63, 3.8) is 0 Å². The van der Waals surface area contributed by atoms with E-state index in [0.29, 0.717) is 0 Å². The molecule has 0 atom stereocenters. The van der Waals surface area contributed by atoms with Crippen LogP contribution in [0.15, 0.2) is 18.5 Å². The lowest BCUT2D eigenvalue weighted by Gasteiger charge is -2.38. The summed E-state index contributed by atoms with van der Waals surface area (Å²) in [6.07, 6.45) is 10.6. The van der Waals surface area contributed by atoms with E-state index in [-0.39, 0.29) is 0 Å². The van der Waals surface area contributed by atoms with Crippen molar-refractivity contribution in [1.29, 1.82) is 0 Å². The molecule has 88 valence electrons. The standard InChI is InChI=1S/C14H17N3/c1-4-11(5-1)17-8-2-3-10-9-16-12-6-7-15-14(17)13(10)12/h6-7,9,11,16H,1-5,8H2. The third-order valence-electron chi connectivity index (χ3n) is 4.29. The molecule has 0 bridgehead atoms. The Morgan fingerprint density at radius 1 is 1.29 bits per heavy atom. The largest absolute Gasteiger partial charge is 0.361 e. The first-order valence-electron chi connectivity index (χ1n) is 6.65. The van der Waals surface area contributed by atoms with Crippen molar-refractivity contribution in [3.8, 4) is 0 Å². The van der Waals surface area contributed by atoms with Gasteiger partial charge in [0.05, 0.1) is 5.52 Å². The number of anilines is 1. The van der Waals surface area contributed by atoms with Crippen LogP contribution in [-0.2, 0) is 6.42 Å². The second-order valence-electron chi connectivity index (χ2n) is 5.25. The molecule has 2 aromatic heterocycles. The van der Waals surface area contributed by atoms with E-state index in [4.69, 9.17) is 0 Å². The monoisotopic (exact) mass is 227 g/mol. The summed E-state index contributed by atoms with van der Waals surface area (Å²) in [5, 5.41) is 1.37. The Bertz CT molecular complexity index is 554. The molecule has 17 heavy (non-hydrogen) atoms. The smallest absolute Gasteiger partial charge is 0.138 e. The van der Waals surface area contributed by atoms with Crippen LogP contribution in [-0.4, -0.2) is 22.6 Å². The summed E-state index contributed by atoms with van der Waals surface area (Å²) in [5.74, 6) is 1.22. The predicted octanol–water partition coefficient (Wildman–Crippen LogP) is 2.87. The molecule has 2 aliphatic rings. The van der Waals surface area contributed by atoms with Gasteiger partial charge in [-0.05, 0) is 43.7 Å². The van der Waals surface area contributed by atoms with Crippen molar-refractivity contribution < 1.29 is 0 Å². The summed E-state index contributed by atoms with van der Waals surface area (Å²) >= 11 is 0. The molecule has 1 fully saturated rings. The van der Waals surface area contributed by atoms with Crippen molar-refractivity contribution in [2.24, 2.45) is 0 Å². The topological polar surface area (TPSA) is 31.9 Å². The highest BCUT2D eigenvalue weighted by Gasteiger charge is 2.29. The van der Waals surface area contributed by atoms with E-state index in [9.17, 15) is 0 Å². The highest BCUT2D eigenvalue weighted by molar-refractivity contribution is 5.93. The molecule has 0 spiro atoms. The van der Waals surface area contributed by atoms with Crippen molar-refractivity contribution in [2.45, 2.75) is 38.1 Å². The molecule has 3 nitrogen and oxygen atoms in total. The van der Waals surface area contributed by atoms with E-state index < -0.39 is 0 Å². The Morgan fingerprint density at radius 2 is 2.24 bits per heavy atom. The Hall–Kier alpha value is -1.51. The van der Waals surface area contributed by atoms with Gasteiger partial charge in [0.25, 0.3) is 0 Å².